The lowest BCUT2D eigenvalue weighted by Crippen LogP contribution is -2.42. The molecule has 4 heteroatoms. The predicted molar refractivity (Wildman–Crippen MR) is 118 cm³/mol. The molecule has 0 bridgehead atoms. The van der Waals surface area contributed by atoms with Crippen molar-refractivity contribution >= 4 is 0 Å². The summed E-state index contributed by atoms with van der Waals surface area (Å²) in [5.41, 5.74) is 10.1. The molecule has 0 saturated heterocycles. The number of fused-ring (bicyclic) bond motifs is 5. The molecule has 5 atom stereocenters. The molecule has 0 spiro atoms. The second-order valence-electron chi connectivity index (χ2n) is 10.3. The van der Waals surface area contributed by atoms with E-state index in [1.807, 2.05) is 6.07 Å². The number of nitrogens with zero attached hydrogens (tertiary/aromatic N) is 1. The van der Waals surface area contributed by atoms with E-state index in [0.717, 1.165) is 49.5 Å². The van der Waals surface area contributed by atoms with Crippen LogP contribution in [0.3, 0.4) is 0 Å². The molecule has 1 aromatic rings. The summed E-state index contributed by atoms with van der Waals surface area (Å²) in [4.78, 5) is 2.19. The summed E-state index contributed by atoms with van der Waals surface area (Å²) >= 11 is 0. The topological polar surface area (TPSA) is 58.7 Å². The molecule has 5 unspecified atom stereocenters. The van der Waals surface area contributed by atoms with Gasteiger partial charge in [-0.2, -0.15) is 0 Å². The van der Waals surface area contributed by atoms with Crippen LogP contribution in [0.5, 0.6) is 5.75 Å². The zero-order valence-electron chi connectivity index (χ0n) is 18.6. The van der Waals surface area contributed by atoms with Crippen molar-refractivity contribution in [1.82, 2.24) is 4.90 Å². The van der Waals surface area contributed by atoms with Crippen LogP contribution in [0.1, 0.15) is 68.1 Å². The second kappa shape index (κ2) is 8.56. The smallest absolute Gasteiger partial charge is 0.120 e. The van der Waals surface area contributed by atoms with Crippen molar-refractivity contribution in [3.63, 3.8) is 0 Å². The first kappa shape index (κ1) is 21.1. The van der Waals surface area contributed by atoms with Crippen LogP contribution in [0.25, 0.3) is 0 Å². The highest BCUT2D eigenvalue weighted by molar-refractivity contribution is 5.45. The number of aromatic hydroxyl groups is 1. The number of hydrogen-bond acceptors (Lipinski definition) is 4. The Morgan fingerprint density at radius 2 is 2.00 bits per heavy atom. The predicted octanol–water partition coefficient (Wildman–Crippen LogP) is 4.29. The standard InChI is InChI=1S/C25H40N2O2/c1-25-10-8-20-21(6-4-17-15-24(28)18(16-26)14-22(17)20)23(25)7-5-19(25)9-12-29-13-11-27(2)3/h14-15,19-21,23,28H,4-13,16,26H2,1-3H3. The summed E-state index contributed by atoms with van der Waals surface area (Å²) in [6.07, 6.45) is 9.00. The molecule has 0 radical (unpaired) electrons. The Morgan fingerprint density at radius 3 is 2.76 bits per heavy atom. The van der Waals surface area contributed by atoms with Crippen LogP contribution in [0, 0.1) is 23.2 Å². The Bertz CT molecular complexity index is 719. The summed E-state index contributed by atoms with van der Waals surface area (Å²) in [5, 5.41) is 10.2. The Kier molecular flexibility index (Phi) is 6.24. The molecule has 0 aliphatic heterocycles. The van der Waals surface area contributed by atoms with Crippen LogP contribution < -0.4 is 5.73 Å². The van der Waals surface area contributed by atoms with Gasteiger partial charge < -0.3 is 20.5 Å². The molecular formula is C25H40N2O2. The van der Waals surface area contributed by atoms with Crippen LogP contribution >= 0.6 is 0 Å². The van der Waals surface area contributed by atoms with Gasteiger partial charge in [0.1, 0.15) is 5.75 Å². The molecule has 3 aliphatic rings. The first-order chi connectivity index (χ1) is 13.9. The van der Waals surface area contributed by atoms with Gasteiger partial charge in [-0.15, -0.1) is 0 Å². The maximum atomic E-state index is 10.2. The summed E-state index contributed by atoms with van der Waals surface area (Å²) in [5.74, 6) is 3.51. The molecule has 0 heterocycles. The normalized spacial score (nSPS) is 33.4. The third kappa shape index (κ3) is 3.96. The maximum Gasteiger partial charge on any atom is 0.120 e. The molecule has 29 heavy (non-hydrogen) atoms. The van der Waals surface area contributed by atoms with Gasteiger partial charge in [-0.05, 0) is 105 Å². The van der Waals surface area contributed by atoms with Crippen LogP contribution in [0.4, 0.5) is 0 Å². The number of nitrogens with two attached hydrogens (primary N) is 1. The Hall–Kier alpha value is -1.10. The molecule has 162 valence electrons. The number of benzene rings is 1. The van der Waals surface area contributed by atoms with Crippen LogP contribution in [-0.2, 0) is 17.7 Å². The number of likely N-dealkylation sites (N-methyl/N-ethyl adjacent to an activating group) is 1. The maximum absolute atomic E-state index is 10.2. The lowest BCUT2D eigenvalue weighted by molar-refractivity contribution is 0.0132. The van der Waals surface area contributed by atoms with Crippen molar-refractivity contribution in [2.24, 2.45) is 28.9 Å². The molecule has 2 saturated carbocycles. The fourth-order valence-corrected chi connectivity index (χ4v) is 6.98. The first-order valence-electron chi connectivity index (χ1n) is 11.7. The molecule has 4 nitrogen and oxygen atoms in total. The van der Waals surface area contributed by atoms with Gasteiger partial charge in [0, 0.05) is 25.3 Å². The van der Waals surface area contributed by atoms with E-state index >= 15 is 0 Å². The van der Waals surface area contributed by atoms with Crippen molar-refractivity contribution in [3.05, 3.63) is 28.8 Å². The van der Waals surface area contributed by atoms with Gasteiger partial charge in [-0.25, -0.2) is 0 Å². The highest BCUT2D eigenvalue weighted by atomic mass is 16.5. The van der Waals surface area contributed by atoms with Crippen LogP contribution in [0.2, 0.25) is 0 Å². The molecule has 3 N–H and O–H groups in total. The zero-order valence-corrected chi connectivity index (χ0v) is 18.6. The van der Waals surface area contributed by atoms with E-state index in [0.29, 0.717) is 23.6 Å². The van der Waals surface area contributed by atoms with E-state index in [1.54, 1.807) is 0 Å². The molecular weight excluding hydrogens is 360 g/mol. The molecule has 0 aromatic heterocycles. The van der Waals surface area contributed by atoms with Gasteiger partial charge in [0.15, 0.2) is 0 Å². The number of hydrogen-bond donors (Lipinski definition) is 2. The summed E-state index contributed by atoms with van der Waals surface area (Å²) in [7, 11) is 4.20. The second-order valence-corrected chi connectivity index (χ2v) is 10.3. The average Bonchev–Trinajstić information content (AvgIpc) is 3.03. The van der Waals surface area contributed by atoms with Gasteiger partial charge in [-0.1, -0.05) is 13.0 Å². The Balaban J connectivity index is 1.44. The van der Waals surface area contributed by atoms with Crippen molar-refractivity contribution in [2.75, 3.05) is 33.9 Å². The largest absolute Gasteiger partial charge is 0.508 e. The minimum atomic E-state index is 0.389. The summed E-state index contributed by atoms with van der Waals surface area (Å²) in [6.45, 7) is 5.78. The number of rotatable bonds is 7. The summed E-state index contributed by atoms with van der Waals surface area (Å²) in [6, 6.07) is 4.24. The number of aryl methyl sites for hydroxylation is 1. The van der Waals surface area contributed by atoms with E-state index in [1.165, 1.54) is 49.7 Å². The van der Waals surface area contributed by atoms with Gasteiger partial charge in [0.05, 0.1) is 6.61 Å². The lowest BCUT2D eigenvalue weighted by atomic mass is 9.54. The van der Waals surface area contributed by atoms with E-state index in [4.69, 9.17) is 10.5 Å². The quantitative estimate of drug-likeness (QED) is 0.670. The number of ether oxygens (including phenoxy) is 1. The van der Waals surface area contributed by atoms with Crippen molar-refractivity contribution in [2.45, 2.75) is 64.3 Å². The van der Waals surface area contributed by atoms with E-state index < -0.39 is 0 Å². The Labute approximate surface area is 176 Å². The number of phenolic OH excluding ortho intramolecular Hbond substituents is 1. The van der Waals surface area contributed by atoms with Gasteiger partial charge in [-0.3, -0.25) is 0 Å². The fraction of sp³-hybridized carbons (Fsp3) is 0.760. The van der Waals surface area contributed by atoms with E-state index in [2.05, 4.69) is 32.0 Å². The minimum absolute atomic E-state index is 0.389. The third-order valence-electron chi connectivity index (χ3n) is 8.63. The number of phenols is 1. The van der Waals surface area contributed by atoms with Crippen molar-refractivity contribution in [1.29, 1.82) is 0 Å². The fourth-order valence-electron chi connectivity index (χ4n) is 6.98. The minimum Gasteiger partial charge on any atom is -0.508 e. The molecule has 0 amide bonds. The molecule has 1 aromatic carbocycles. The van der Waals surface area contributed by atoms with E-state index in [-0.39, 0.29) is 0 Å². The van der Waals surface area contributed by atoms with Gasteiger partial charge in [0.2, 0.25) is 0 Å². The molecule has 2 fully saturated rings. The SMILES string of the molecule is CN(C)CCOCCC1CCC2C3CCc4cc(O)c(CN)cc4C3CCC12C. The van der Waals surface area contributed by atoms with E-state index in [9.17, 15) is 5.11 Å². The first-order valence-corrected chi connectivity index (χ1v) is 11.7. The lowest BCUT2D eigenvalue weighted by Gasteiger charge is -2.51. The third-order valence-corrected chi connectivity index (χ3v) is 8.63. The van der Waals surface area contributed by atoms with Crippen LogP contribution in [-0.4, -0.2) is 43.9 Å². The molecule has 3 aliphatic carbocycles. The summed E-state index contributed by atoms with van der Waals surface area (Å²) < 4.78 is 5.94. The monoisotopic (exact) mass is 400 g/mol. The highest BCUT2D eigenvalue weighted by Gasteiger charge is 2.54. The zero-order chi connectivity index (χ0) is 20.6. The highest BCUT2D eigenvalue weighted by Crippen LogP contribution is 2.63. The van der Waals surface area contributed by atoms with Crippen molar-refractivity contribution in [3.8, 4) is 5.75 Å². The molecule has 4 rings (SSSR count). The van der Waals surface area contributed by atoms with Gasteiger partial charge >= 0.3 is 0 Å². The van der Waals surface area contributed by atoms with Crippen LogP contribution in [0.15, 0.2) is 12.1 Å². The Morgan fingerprint density at radius 1 is 1.17 bits per heavy atom. The average molecular weight is 401 g/mol. The van der Waals surface area contributed by atoms with Crippen molar-refractivity contribution < 1.29 is 9.84 Å². The van der Waals surface area contributed by atoms with Gasteiger partial charge in [0.25, 0.3) is 0 Å².